The first-order chi connectivity index (χ1) is 12.5. The molecular formula is C19H19N3O3S. The highest BCUT2D eigenvalue weighted by Gasteiger charge is 2.31. The smallest absolute Gasteiger partial charge is 0.306 e. The van der Waals surface area contributed by atoms with Crippen LogP contribution in [0.3, 0.4) is 0 Å². The molecule has 0 radical (unpaired) electrons. The molecule has 0 saturated heterocycles. The minimum atomic E-state index is -0.776. The normalized spacial score (nSPS) is 19.7. The van der Waals surface area contributed by atoms with Gasteiger partial charge >= 0.3 is 5.97 Å². The lowest BCUT2D eigenvalue weighted by Crippen LogP contribution is -2.32. The van der Waals surface area contributed by atoms with E-state index in [1.165, 1.54) is 11.3 Å². The number of benzene rings is 1. The summed E-state index contributed by atoms with van der Waals surface area (Å²) in [5.41, 5.74) is 1.84. The number of aliphatic carboxylic acids is 1. The van der Waals surface area contributed by atoms with Gasteiger partial charge in [-0.15, -0.1) is 11.3 Å². The molecule has 2 heterocycles. The molecule has 1 amide bonds. The van der Waals surface area contributed by atoms with Gasteiger partial charge in [-0.05, 0) is 44.4 Å². The molecule has 0 spiro atoms. The van der Waals surface area contributed by atoms with Crippen LogP contribution < -0.4 is 5.32 Å². The number of carbonyl (C=O) groups is 2. The molecular weight excluding hydrogens is 350 g/mol. The molecule has 7 heteroatoms. The zero-order valence-corrected chi connectivity index (χ0v) is 15.1. The van der Waals surface area contributed by atoms with Crippen LogP contribution in [0, 0.1) is 12.8 Å². The van der Waals surface area contributed by atoms with Gasteiger partial charge in [-0.25, -0.2) is 4.68 Å². The molecule has 1 aromatic carbocycles. The Morgan fingerprint density at radius 2 is 2.04 bits per heavy atom. The molecule has 1 fully saturated rings. The summed E-state index contributed by atoms with van der Waals surface area (Å²) < 4.78 is 1.86. The summed E-state index contributed by atoms with van der Waals surface area (Å²) in [7, 11) is 0. The molecule has 26 heavy (non-hydrogen) atoms. The van der Waals surface area contributed by atoms with Crippen molar-refractivity contribution >= 4 is 33.4 Å². The number of para-hydroxylation sites is 1. The van der Waals surface area contributed by atoms with Crippen LogP contribution >= 0.6 is 11.3 Å². The second kappa shape index (κ2) is 6.57. The summed E-state index contributed by atoms with van der Waals surface area (Å²) in [5.74, 6) is -1.26. The molecule has 4 rings (SSSR count). The van der Waals surface area contributed by atoms with Crippen LogP contribution in [0.1, 0.15) is 34.6 Å². The summed E-state index contributed by atoms with van der Waals surface area (Å²) in [6.45, 7) is 1.94. The second-order valence-corrected chi connectivity index (χ2v) is 7.71. The van der Waals surface area contributed by atoms with E-state index in [0.29, 0.717) is 24.1 Å². The van der Waals surface area contributed by atoms with E-state index in [4.69, 9.17) is 5.11 Å². The molecule has 0 unspecified atom stereocenters. The number of amides is 1. The van der Waals surface area contributed by atoms with Crippen LogP contribution in [0.2, 0.25) is 0 Å². The number of aromatic nitrogens is 2. The summed E-state index contributed by atoms with van der Waals surface area (Å²) in [4.78, 5) is 25.3. The van der Waals surface area contributed by atoms with Crippen molar-refractivity contribution in [3.63, 3.8) is 0 Å². The first-order valence-corrected chi connectivity index (χ1v) is 9.43. The Labute approximate surface area is 154 Å². The zero-order valence-electron chi connectivity index (χ0n) is 14.3. The Kier molecular flexibility index (Phi) is 4.24. The van der Waals surface area contributed by atoms with Crippen LogP contribution in [0.5, 0.6) is 0 Å². The number of carboxylic acid groups (broad SMARTS) is 1. The van der Waals surface area contributed by atoms with Gasteiger partial charge in [0, 0.05) is 11.4 Å². The lowest BCUT2D eigenvalue weighted by atomic mass is 10.1. The van der Waals surface area contributed by atoms with Gasteiger partial charge in [0.2, 0.25) is 0 Å². The Bertz CT molecular complexity index is 977. The molecule has 134 valence electrons. The maximum Gasteiger partial charge on any atom is 0.306 e. The van der Waals surface area contributed by atoms with Gasteiger partial charge in [0.25, 0.3) is 5.91 Å². The minimum absolute atomic E-state index is 0.0690. The van der Waals surface area contributed by atoms with Crippen molar-refractivity contribution < 1.29 is 14.7 Å². The number of nitrogens with one attached hydrogen (secondary N) is 1. The SMILES string of the molecule is Cc1nn(-c2ccccc2)c2sc(C(=O)N[C@@H]3CC[C@H](C(=O)O)C3)cc12. The zero-order chi connectivity index (χ0) is 18.3. The van der Waals surface area contributed by atoms with Crippen LogP contribution in [0.15, 0.2) is 36.4 Å². The van der Waals surface area contributed by atoms with Crippen molar-refractivity contribution in [3.05, 3.63) is 47.0 Å². The molecule has 6 nitrogen and oxygen atoms in total. The lowest BCUT2D eigenvalue weighted by molar-refractivity contribution is -0.141. The van der Waals surface area contributed by atoms with Crippen LogP contribution in [0.25, 0.3) is 15.9 Å². The number of nitrogens with zero attached hydrogens (tertiary/aromatic N) is 2. The predicted octanol–water partition coefficient (Wildman–Crippen LogP) is 3.38. The van der Waals surface area contributed by atoms with Crippen molar-refractivity contribution in [2.75, 3.05) is 0 Å². The topological polar surface area (TPSA) is 84.2 Å². The molecule has 2 atom stereocenters. The number of rotatable bonds is 4. The first kappa shape index (κ1) is 16.8. The molecule has 1 aliphatic carbocycles. The quantitative estimate of drug-likeness (QED) is 0.738. The fraction of sp³-hybridized carbons (Fsp3) is 0.316. The molecule has 0 aliphatic heterocycles. The van der Waals surface area contributed by atoms with Gasteiger partial charge in [0.15, 0.2) is 0 Å². The summed E-state index contributed by atoms with van der Waals surface area (Å²) in [6, 6.07) is 11.6. The van der Waals surface area contributed by atoms with E-state index < -0.39 is 5.97 Å². The van der Waals surface area contributed by atoms with Crippen molar-refractivity contribution in [1.29, 1.82) is 0 Å². The van der Waals surface area contributed by atoms with E-state index in [9.17, 15) is 9.59 Å². The Morgan fingerprint density at radius 1 is 1.27 bits per heavy atom. The second-order valence-electron chi connectivity index (χ2n) is 6.68. The molecule has 1 saturated carbocycles. The third kappa shape index (κ3) is 2.99. The third-order valence-electron chi connectivity index (χ3n) is 4.89. The van der Waals surface area contributed by atoms with Gasteiger partial charge in [0.1, 0.15) is 4.83 Å². The molecule has 1 aliphatic rings. The van der Waals surface area contributed by atoms with Gasteiger partial charge in [0.05, 0.1) is 22.2 Å². The summed E-state index contributed by atoms with van der Waals surface area (Å²) in [6.07, 6.45) is 1.84. The number of aryl methyl sites for hydroxylation is 1. The number of carbonyl (C=O) groups excluding carboxylic acids is 1. The number of hydrogen-bond donors (Lipinski definition) is 2. The van der Waals surface area contributed by atoms with Crippen molar-refractivity contribution in [3.8, 4) is 5.69 Å². The Balaban J connectivity index is 1.58. The van der Waals surface area contributed by atoms with E-state index in [-0.39, 0.29) is 17.9 Å². The van der Waals surface area contributed by atoms with E-state index in [0.717, 1.165) is 21.6 Å². The fourth-order valence-electron chi connectivity index (χ4n) is 3.50. The highest BCUT2D eigenvalue weighted by molar-refractivity contribution is 7.20. The van der Waals surface area contributed by atoms with Crippen LogP contribution in [-0.4, -0.2) is 32.8 Å². The highest BCUT2D eigenvalue weighted by atomic mass is 32.1. The third-order valence-corrected chi connectivity index (χ3v) is 6.00. The number of thiophene rings is 1. The summed E-state index contributed by atoms with van der Waals surface area (Å²) >= 11 is 1.41. The fourth-order valence-corrected chi connectivity index (χ4v) is 4.58. The van der Waals surface area contributed by atoms with Crippen molar-refractivity contribution in [2.24, 2.45) is 5.92 Å². The van der Waals surface area contributed by atoms with E-state index in [1.807, 2.05) is 48.0 Å². The predicted molar refractivity (Wildman–Crippen MR) is 99.9 cm³/mol. The highest BCUT2D eigenvalue weighted by Crippen LogP contribution is 2.31. The van der Waals surface area contributed by atoms with Gasteiger partial charge in [-0.2, -0.15) is 5.10 Å². The average Bonchev–Trinajstić information content (AvgIpc) is 3.32. The Morgan fingerprint density at radius 3 is 2.73 bits per heavy atom. The Hall–Kier alpha value is -2.67. The minimum Gasteiger partial charge on any atom is -0.481 e. The average molecular weight is 369 g/mol. The lowest BCUT2D eigenvalue weighted by Gasteiger charge is -2.11. The molecule has 0 bridgehead atoms. The van der Waals surface area contributed by atoms with Crippen LogP contribution in [0.4, 0.5) is 0 Å². The molecule has 3 aromatic rings. The number of fused-ring (bicyclic) bond motifs is 1. The largest absolute Gasteiger partial charge is 0.481 e. The number of carboxylic acids is 1. The van der Waals surface area contributed by atoms with E-state index in [2.05, 4.69) is 10.4 Å². The maximum atomic E-state index is 12.6. The van der Waals surface area contributed by atoms with Crippen LogP contribution in [-0.2, 0) is 4.79 Å². The molecule has 2 N–H and O–H groups in total. The van der Waals surface area contributed by atoms with Crippen molar-refractivity contribution in [1.82, 2.24) is 15.1 Å². The van der Waals surface area contributed by atoms with Gasteiger partial charge < -0.3 is 10.4 Å². The van der Waals surface area contributed by atoms with Gasteiger partial charge in [-0.3, -0.25) is 9.59 Å². The first-order valence-electron chi connectivity index (χ1n) is 8.61. The van der Waals surface area contributed by atoms with E-state index >= 15 is 0 Å². The van der Waals surface area contributed by atoms with Crippen molar-refractivity contribution in [2.45, 2.75) is 32.2 Å². The summed E-state index contributed by atoms with van der Waals surface area (Å²) in [5, 5.41) is 17.6. The van der Waals surface area contributed by atoms with E-state index in [1.54, 1.807) is 0 Å². The standard InChI is InChI=1S/C19H19N3O3S/c1-11-15-10-16(17(23)20-13-8-7-12(9-13)19(24)25)26-18(15)22(21-11)14-5-3-2-4-6-14/h2-6,10,12-13H,7-9H2,1H3,(H,20,23)(H,24,25)/t12-,13+/m0/s1. The molecule has 2 aromatic heterocycles. The number of hydrogen-bond acceptors (Lipinski definition) is 4. The monoisotopic (exact) mass is 369 g/mol. The van der Waals surface area contributed by atoms with Gasteiger partial charge in [-0.1, -0.05) is 18.2 Å². The maximum absolute atomic E-state index is 12.6.